The van der Waals surface area contributed by atoms with Crippen molar-refractivity contribution in [3.63, 3.8) is 0 Å². The van der Waals surface area contributed by atoms with Crippen LogP contribution in [0, 0.1) is 0 Å². The van der Waals surface area contributed by atoms with E-state index in [2.05, 4.69) is 0 Å². The number of para-hydroxylation sites is 1. The van der Waals surface area contributed by atoms with Crippen molar-refractivity contribution in [3.8, 4) is 0 Å². The lowest BCUT2D eigenvalue weighted by atomic mass is 10.1. The summed E-state index contributed by atoms with van der Waals surface area (Å²) in [4.78, 5) is 23.3. The highest BCUT2D eigenvalue weighted by Crippen LogP contribution is 2.18. The fraction of sp³-hybridized carbons (Fsp3) is 0.200. The van der Waals surface area contributed by atoms with Gasteiger partial charge in [0.2, 0.25) is 5.76 Å². The molecule has 104 valence electrons. The Bertz CT molecular complexity index is 743. The number of esters is 1. The van der Waals surface area contributed by atoms with Crippen LogP contribution in [0.3, 0.4) is 0 Å². The van der Waals surface area contributed by atoms with Gasteiger partial charge in [0.15, 0.2) is 0 Å². The van der Waals surface area contributed by atoms with Gasteiger partial charge in [-0.1, -0.05) is 18.2 Å². The smallest absolute Gasteiger partial charge is 0.373 e. The summed E-state index contributed by atoms with van der Waals surface area (Å²) >= 11 is 0. The number of aliphatic hydroxyl groups excluding tert-OH is 1. The number of aryl methyl sites for hydroxylation is 1. The van der Waals surface area contributed by atoms with Gasteiger partial charge in [0, 0.05) is 18.5 Å². The van der Waals surface area contributed by atoms with E-state index >= 15 is 0 Å². The molecule has 1 heterocycles. The van der Waals surface area contributed by atoms with E-state index in [0.29, 0.717) is 5.56 Å². The monoisotopic (exact) mass is 273 g/mol. The van der Waals surface area contributed by atoms with Crippen molar-refractivity contribution in [1.82, 2.24) is 4.57 Å². The summed E-state index contributed by atoms with van der Waals surface area (Å²) < 4.78 is 6.21. The molecule has 2 rings (SSSR count). The standard InChI is InChI=1S/C15H15NO4/c1-3-20-15(19)13(17)8-10-9-14(18)16(2)12-7-5-4-6-11(10)12/h4-9,17H,3H2,1-2H3/b13-8-. The number of hydrogen-bond acceptors (Lipinski definition) is 4. The van der Waals surface area contributed by atoms with Crippen LogP contribution in [-0.4, -0.2) is 22.2 Å². The summed E-state index contributed by atoms with van der Waals surface area (Å²) in [6.07, 6.45) is 1.25. The predicted molar refractivity (Wildman–Crippen MR) is 76.4 cm³/mol. The van der Waals surface area contributed by atoms with Crippen molar-refractivity contribution in [3.05, 3.63) is 52.0 Å². The van der Waals surface area contributed by atoms with Crippen molar-refractivity contribution in [2.75, 3.05) is 6.61 Å². The molecule has 5 nitrogen and oxygen atoms in total. The molecule has 2 aromatic rings. The van der Waals surface area contributed by atoms with Crippen molar-refractivity contribution in [2.45, 2.75) is 6.92 Å². The maximum absolute atomic E-state index is 11.9. The molecule has 0 atom stereocenters. The number of rotatable bonds is 3. The van der Waals surface area contributed by atoms with E-state index in [1.165, 1.54) is 16.7 Å². The Balaban J connectivity index is 2.61. The number of benzene rings is 1. The van der Waals surface area contributed by atoms with Gasteiger partial charge in [-0.05, 0) is 24.6 Å². The lowest BCUT2D eigenvalue weighted by Crippen LogP contribution is -2.16. The van der Waals surface area contributed by atoms with Gasteiger partial charge in [-0.2, -0.15) is 0 Å². The van der Waals surface area contributed by atoms with Crippen LogP contribution < -0.4 is 5.56 Å². The Morgan fingerprint density at radius 3 is 2.80 bits per heavy atom. The zero-order valence-electron chi connectivity index (χ0n) is 11.3. The van der Waals surface area contributed by atoms with Crippen molar-refractivity contribution < 1.29 is 14.6 Å². The van der Waals surface area contributed by atoms with E-state index in [4.69, 9.17) is 4.74 Å². The highest BCUT2D eigenvalue weighted by Gasteiger charge is 2.10. The molecule has 0 aliphatic rings. The number of carbonyl (C=O) groups is 1. The molecule has 0 unspecified atom stereocenters. The van der Waals surface area contributed by atoms with E-state index < -0.39 is 11.7 Å². The van der Waals surface area contributed by atoms with Gasteiger partial charge in [0.25, 0.3) is 5.56 Å². The van der Waals surface area contributed by atoms with Crippen LogP contribution in [0.2, 0.25) is 0 Å². The Hall–Kier alpha value is -2.56. The molecule has 1 N–H and O–H groups in total. The summed E-state index contributed by atoms with van der Waals surface area (Å²) in [6, 6.07) is 8.64. The van der Waals surface area contributed by atoms with Crippen LogP contribution in [0.4, 0.5) is 0 Å². The number of aliphatic hydroxyl groups is 1. The van der Waals surface area contributed by atoms with E-state index in [9.17, 15) is 14.7 Å². The largest absolute Gasteiger partial charge is 0.502 e. The van der Waals surface area contributed by atoms with Gasteiger partial charge in [-0.25, -0.2) is 4.79 Å². The maximum atomic E-state index is 11.9. The highest BCUT2D eigenvalue weighted by atomic mass is 16.5. The van der Waals surface area contributed by atoms with Gasteiger partial charge in [-0.3, -0.25) is 4.79 Å². The fourth-order valence-electron chi connectivity index (χ4n) is 1.97. The molecule has 20 heavy (non-hydrogen) atoms. The van der Waals surface area contributed by atoms with Crippen LogP contribution in [0.1, 0.15) is 12.5 Å². The highest BCUT2D eigenvalue weighted by molar-refractivity contribution is 5.95. The van der Waals surface area contributed by atoms with E-state index in [0.717, 1.165) is 10.9 Å². The number of aromatic nitrogens is 1. The molecule has 1 aromatic heterocycles. The van der Waals surface area contributed by atoms with Gasteiger partial charge in [0.05, 0.1) is 12.1 Å². The van der Waals surface area contributed by atoms with Crippen molar-refractivity contribution in [1.29, 1.82) is 0 Å². The minimum atomic E-state index is -0.808. The SMILES string of the molecule is CCOC(=O)/C(O)=C/c1cc(=O)n(C)c2ccccc12. The second-order valence-electron chi connectivity index (χ2n) is 4.26. The van der Waals surface area contributed by atoms with Gasteiger partial charge >= 0.3 is 5.97 Å². The second kappa shape index (κ2) is 5.61. The zero-order chi connectivity index (χ0) is 14.7. The Labute approximate surface area is 115 Å². The third-order valence-electron chi connectivity index (χ3n) is 2.96. The molecular formula is C15H15NO4. The van der Waals surface area contributed by atoms with Crippen LogP contribution in [0.5, 0.6) is 0 Å². The van der Waals surface area contributed by atoms with Crippen LogP contribution in [0.15, 0.2) is 40.9 Å². The molecule has 0 fully saturated rings. The Morgan fingerprint density at radius 2 is 2.10 bits per heavy atom. The Morgan fingerprint density at radius 1 is 1.40 bits per heavy atom. The number of pyridine rings is 1. The minimum absolute atomic E-state index is 0.175. The molecule has 0 aliphatic heterocycles. The first-order chi connectivity index (χ1) is 9.54. The molecule has 0 amide bonds. The van der Waals surface area contributed by atoms with Gasteiger partial charge in [-0.15, -0.1) is 0 Å². The number of nitrogens with zero attached hydrogens (tertiary/aromatic N) is 1. The second-order valence-corrected chi connectivity index (χ2v) is 4.26. The van der Waals surface area contributed by atoms with Crippen LogP contribution >= 0.6 is 0 Å². The molecule has 0 aliphatic carbocycles. The van der Waals surface area contributed by atoms with Gasteiger partial charge in [0.1, 0.15) is 0 Å². The van der Waals surface area contributed by atoms with Crippen molar-refractivity contribution in [2.24, 2.45) is 7.05 Å². The predicted octanol–water partition coefficient (Wildman–Crippen LogP) is 2.00. The Kier molecular flexibility index (Phi) is 3.89. The summed E-state index contributed by atoms with van der Waals surface area (Å²) in [5, 5.41) is 10.5. The quantitative estimate of drug-likeness (QED) is 0.527. The summed E-state index contributed by atoms with van der Waals surface area (Å²) in [6.45, 7) is 1.83. The maximum Gasteiger partial charge on any atom is 0.373 e. The lowest BCUT2D eigenvalue weighted by Gasteiger charge is -2.07. The first-order valence-electron chi connectivity index (χ1n) is 6.21. The lowest BCUT2D eigenvalue weighted by molar-refractivity contribution is -0.141. The molecule has 0 spiro atoms. The molecule has 0 bridgehead atoms. The number of fused-ring (bicyclic) bond motifs is 1. The van der Waals surface area contributed by atoms with Crippen molar-refractivity contribution >= 4 is 22.9 Å². The van der Waals surface area contributed by atoms with E-state index in [1.54, 1.807) is 20.0 Å². The molecule has 0 saturated carbocycles. The van der Waals surface area contributed by atoms with Gasteiger partial charge < -0.3 is 14.4 Å². The number of ether oxygens (including phenoxy) is 1. The minimum Gasteiger partial charge on any atom is -0.502 e. The third-order valence-corrected chi connectivity index (χ3v) is 2.96. The topological polar surface area (TPSA) is 68.5 Å². The van der Waals surface area contributed by atoms with Crippen LogP contribution in [0.25, 0.3) is 17.0 Å². The van der Waals surface area contributed by atoms with Crippen LogP contribution in [-0.2, 0) is 16.6 Å². The third kappa shape index (κ3) is 2.56. The van der Waals surface area contributed by atoms with E-state index in [1.807, 2.05) is 18.2 Å². The molecule has 0 saturated heterocycles. The van der Waals surface area contributed by atoms with E-state index in [-0.39, 0.29) is 12.2 Å². The molecular weight excluding hydrogens is 258 g/mol. The first kappa shape index (κ1) is 13.9. The first-order valence-corrected chi connectivity index (χ1v) is 6.21. The normalized spacial score (nSPS) is 11.6. The average Bonchev–Trinajstić information content (AvgIpc) is 2.44. The summed E-state index contributed by atoms with van der Waals surface area (Å²) in [5.41, 5.74) is 0.990. The fourth-order valence-corrected chi connectivity index (χ4v) is 1.97. The zero-order valence-corrected chi connectivity index (χ0v) is 11.3. The molecule has 1 aromatic carbocycles. The number of carbonyl (C=O) groups excluding carboxylic acids is 1. The molecule has 5 heteroatoms. The average molecular weight is 273 g/mol. The number of hydrogen-bond donors (Lipinski definition) is 1. The summed E-state index contributed by atoms with van der Waals surface area (Å²) in [7, 11) is 1.67. The summed E-state index contributed by atoms with van der Waals surface area (Å²) in [5.74, 6) is -1.33. The molecule has 0 radical (unpaired) electrons.